The molecule has 0 atom stereocenters. The van der Waals surface area contributed by atoms with Crippen LogP contribution in [-0.4, -0.2) is 5.11 Å². The molecule has 0 spiro atoms. The monoisotopic (exact) mass is 212 g/mol. The third-order valence-electron chi connectivity index (χ3n) is 2.67. The smallest absolute Gasteiger partial charge is 0.115 e. The van der Waals surface area contributed by atoms with Crippen LogP contribution in [0.3, 0.4) is 0 Å². The Balaban J connectivity index is 0.000000123. The van der Waals surface area contributed by atoms with Crippen molar-refractivity contribution in [3.05, 3.63) is 53.6 Å². The third-order valence-corrected chi connectivity index (χ3v) is 2.67. The summed E-state index contributed by atoms with van der Waals surface area (Å²) in [5, 5.41) is 8.85. The molecule has 0 aliphatic heterocycles. The predicted octanol–water partition coefficient (Wildman–Crippen LogP) is 3.93. The van der Waals surface area contributed by atoms with E-state index in [0.717, 1.165) is 6.42 Å². The molecule has 3 rings (SSSR count). The summed E-state index contributed by atoms with van der Waals surface area (Å²) in [7, 11) is 0. The molecular weight excluding hydrogens is 196 g/mol. The van der Waals surface area contributed by atoms with Crippen molar-refractivity contribution in [2.45, 2.75) is 20.3 Å². The van der Waals surface area contributed by atoms with Crippen LogP contribution in [-0.2, 0) is 6.42 Å². The van der Waals surface area contributed by atoms with Gasteiger partial charge in [0.05, 0.1) is 0 Å². The summed E-state index contributed by atoms with van der Waals surface area (Å²) in [5.41, 5.74) is 5.54. The molecule has 2 aliphatic rings. The first-order valence-electron chi connectivity index (χ1n) is 5.59. The minimum absolute atomic E-state index is 0.340. The molecule has 1 heteroatoms. The second-order valence-corrected chi connectivity index (χ2v) is 4.11. The summed E-state index contributed by atoms with van der Waals surface area (Å²) in [6.45, 7) is 4.21. The number of hydrogen-bond acceptors (Lipinski definition) is 1. The number of benzene rings is 2. The van der Waals surface area contributed by atoms with Gasteiger partial charge in [-0.1, -0.05) is 31.2 Å². The van der Waals surface area contributed by atoms with Gasteiger partial charge in [-0.15, -0.1) is 0 Å². The summed E-state index contributed by atoms with van der Waals surface area (Å²) < 4.78 is 0. The highest BCUT2D eigenvalue weighted by molar-refractivity contribution is 5.82. The van der Waals surface area contributed by atoms with Crippen molar-refractivity contribution >= 4 is 0 Å². The van der Waals surface area contributed by atoms with Crippen LogP contribution >= 0.6 is 0 Å². The Morgan fingerprint density at radius 3 is 1.88 bits per heavy atom. The fraction of sp³-hybridized carbons (Fsp3) is 0.200. The highest BCUT2D eigenvalue weighted by atomic mass is 16.3. The normalized spacial score (nSPS) is 10.4. The molecule has 1 aromatic carbocycles. The van der Waals surface area contributed by atoms with E-state index in [9.17, 15) is 0 Å². The van der Waals surface area contributed by atoms with E-state index in [1.54, 1.807) is 12.1 Å². The van der Waals surface area contributed by atoms with Crippen LogP contribution in [0, 0.1) is 6.92 Å². The summed E-state index contributed by atoms with van der Waals surface area (Å²) in [6, 6.07) is 13.9. The molecule has 0 saturated heterocycles. The van der Waals surface area contributed by atoms with Crippen molar-refractivity contribution in [3.63, 3.8) is 0 Å². The maximum atomic E-state index is 8.85. The fourth-order valence-corrected chi connectivity index (χ4v) is 1.65. The van der Waals surface area contributed by atoms with Crippen molar-refractivity contribution < 1.29 is 5.11 Å². The lowest BCUT2D eigenvalue weighted by Gasteiger charge is -1.93. The van der Waals surface area contributed by atoms with Crippen molar-refractivity contribution in [2.24, 2.45) is 0 Å². The quantitative estimate of drug-likeness (QED) is 0.648. The maximum absolute atomic E-state index is 8.85. The number of aryl methyl sites for hydroxylation is 2. The van der Waals surface area contributed by atoms with Gasteiger partial charge < -0.3 is 5.11 Å². The van der Waals surface area contributed by atoms with Crippen molar-refractivity contribution in [3.8, 4) is 16.9 Å². The molecule has 82 valence electrons. The van der Waals surface area contributed by atoms with Gasteiger partial charge in [0.2, 0.25) is 0 Å². The molecular formula is C15H16O. The molecule has 0 heterocycles. The molecule has 16 heavy (non-hydrogen) atoms. The molecule has 0 bridgehead atoms. The Morgan fingerprint density at radius 1 is 0.938 bits per heavy atom. The van der Waals surface area contributed by atoms with E-state index in [2.05, 4.69) is 32.0 Å². The first-order chi connectivity index (χ1) is 7.69. The van der Waals surface area contributed by atoms with Crippen LogP contribution < -0.4 is 0 Å². The zero-order chi connectivity index (χ0) is 11.5. The van der Waals surface area contributed by atoms with E-state index < -0.39 is 0 Å². The van der Waals surface area contributed by atoms with Crippen molar-refractivity contribution in [1.29, 1.82) is 0 Å². The van der Waals surface area contributed by atoms with Gasteiger partial charge in [0.1, 0.15) is 5.75 Å². The molecule has 0 amide bonds. The van der Waals surface area contributed by atoms with Gasteiger partial charge in [0.15, 0.2) is 0 Å². The van der Waals surface area contributed by atoms with Gasteiger partial charge in [-0.25, -0.2) is 0 Å². The average Bonchev–Trinajstić information content (AvgIpc) is 2.89. The van der Waals surface area contributed by atoms with E-state index in [1.165, 1.54) is 22.3 Å². The van der Waals surface area contributed by atoms with E-state index >= 15 is 0 Å². The van der Waals surface area contributed by atoms with E-state index in [-0.39, 0.29) is 0 Å². The molecule has 0 unspecified atom stereocenters. The Hall–Kier alpha value is -1.76. The van der Waals surface area contributed by atoms with E-state index in [4.69, 9.17) is 5.11 Å². The average molecular weight is 212 g/mol. The minimum Gasteiger partial charge on any atom is -0.508 e. The lowest BCUT2D eigenvalue weighted by Crippen LogP contribution is -1.75. The highest BCUT2D eigenvalue weighted by Crippen LogP contribution is 2.35. The Bertz CT molecular complexity index is 463. The van der Waals surface area contributed by atoms with Gasteiger partial charge in [0.25, 0.3) is 0 Å². The second kappa shape index (κ2) is 4.40. The summed E-state index contributed by atoms with van der Waals surface area (Å²) >= 11 is 0. The first kappa shape index (κ1) is 10.7. The standard InChI is InChI=1S/C8H10O.C7H6/c1-2-7-3-5-8(9)6-4-7;1-5-2-6-4-7(6)3-5/h3-6,9H,2H2,1H3;2-4H,1H3. The number of phenolic OH excluding ortho intramolecular Hbond substituents is 1. The minimum atomic E-state index is 0.340. The molecule has 2 aliphatic carbocycles. The van der Waals surface area contributed by atoms with Crippen LogP contribution in [0.15, 0.2) is 42.5 Å². The number of rotatable bonds is 1. The van der Waals surface area contributed by atoms with Crippen molar-refractivity contribution in [2.75, 3.05) is 0 Å². The second-order valence-electron chi connectivity index (χ2n) is 4.11. The van der Waals surface area contributed by atoms with Crippen LogP contribution in [0.4, 0.5) is 0 Å². The fourth-order valence-electron chi connectivity index (χ4n) is 1.65. The van der Waals surface area contributed by atoms with Gasteiger partial charge >= 0.3 is 0 Å². The Kier molecular flexibility index (Phi) is 2.95. The SMILES string of the molecule is CCc1ccc(O)cc1.Cc1cc2cc-2c1. The number of aromatic hydroxyl groups is 1. The number of phenols is 1. The zero-order valence-corrected chi connectivity index (χ0v) is 9.70. The number of hydrogen-bond donors (Lipinski definition) is 1. The lowest BCUT2D eigenvalue weighted by atomic mass is 10.2. The number of fused-ring (bicyclic) bond motifs is 1. The Morgan fingerprint density at radius 2 is 1.50 bits per heavy atom. The molecule has 0 saturated carbocycles. The molecule has 0 aromatic heterocycles. The molecule has 1 aromatic rings. The van der Waals surface area contributed by atoms with Gasteiger partial charge in [-0.2, -0.15) is 0 Å². The Labute approximate surface area is 96.4 Å². The summed E-state index contributed by atoms with van der Waals surface area (Å²) in [4.78, 5) is 0. The van der Waals surface area contributed by atoms with Crippen LogP contribution in [0.1, 0.15) is 18.1 Å². The van der Waals surface area contributed by atoms with Crippen LogP contribution in [0.5, 0.6) is 5.75 Å². The molecule has 1 N–H and O–H groups in total. The van der Waals surface area contributed by atoms with E-state index in [0.29, 0.717) is 5.75 Å². The lowest BCUT2D eigenvalue weighted by molar-refractivity contribution is 0.475. The van der Waals surface area contributed by atoms with Gasteiger partial charge in [-0.3, -0.25) is 0 Å². The van der Waals surface area contributed by atoms with Gasteiger partial charge in [0, 0.05) is 0 Å². The summed E-state index contributed by atoms with van der Waals surface area (Å²) in [6.07, 6.45) is 1.03. The zero-order valence-electron chi connectivity index (χ0n) is 9.70. The van der Waals surface area contributed by atoms with E-state index in [1.807, 2.05) is 12.1 Å². The van der Waals surface area contributed by atoms with Crippen LogP contribution in [0.2, 0.25) is 0 Å². The molecule has 0 radical (unpaired) electrons. The topological polar surface area (TPSA) is 20.2 Å². The van der Waals surface area contributed by atoms with Crippen LogP contribution in [0.25, 0.3) is 11.1 Å². The summed E-state index contributed by atoms with van der Waals surface area (Å²) in [5.74, 6) is 0.340. The molecule has 0 fully saturated rings. The largest absolute Gasteiger partial charge is 0.508 e. The predicted molar refractivity (Wildman–Crippen MR) is 67.7 cm³/mol. The first-order valence-corrected chi connectivity index (χ1v) is 5.59. The highest BCUT2D eigenvalue weighted by Gasteiger charge is 2.10. The molecule has 1 nitrogen and oxygen atoms in total. The van der Waals surface area contributed by atoms with Crippen molar-refractivity contribution in [1.82, 2.24) is 0 Å². The maximum Gasteiger partial charge on any atom is 0.115 e. The third kappa shape index (κ3) is 2.63. The van der Waals surface area contributed by atoms with Gasteiger partial charge in [-0.05, 0) is 53.8 Å².